The van der Waals surface area contributed by atoms with Crippen LogP contribution in [0, 0.1) is 0 Å². The first kappa shape index (κ1) is 10.9. The molecule has 0 radical (unpaired) electrons. The normalized spacial score (nSPS) is 13.1. The van der Waals surface area contributed by atoms with E-state index in [1.807, 2.05) is 29.8 Å². The van der Waals surface area contributed by atoms with E-state index >= 15 is 0 Å². The molecule has 0 amide bonds. The molecule has 4 N–H and O–H groups in total. The predicted octanol–water partition coefficient (Wildman–Crippen LogP) is 0.780. The quantitative estimate of drug-likeness (QED) is 0.798. The van der Waals surface area contributed by atoms with Crippen LogP contribution in [0.2, 0.25) is 0 Å². The Hall–Kier alpha value is -1.59. The number of rotatable bonds is 4. The highest BCUT2D eigenvalue weighted by atomic mass is 16.5. The van der Waals surface area contributed by atoms with E-state index < -0.39 is 0 Å². The second-order valence-electron chi connectivity index (χ2n) is 3.95. The van der Waals surface area contributed by atoms with Crippen molar-refractivity contribution in [2.24, 2.45) is 5.73 Å². The molecule has 0 aliphatic heterocycles. The molecule has 0 aromatic carbocycles. The number of hydrogen-bond acceptors (Lipinski definition) is 4. The van der Waals surface area contributed by atoms with Crippen molar-refractivity contribution >= 4 is 11.3 Å². The lowest BCUT2D eigenvalue weighted by atomic mass is 10.2. The fourth-order valence-corrected chi connectivity index (χ4v) is 1.59. The van der Waals surface area contributed by atoms with E-state index in [1.54, 1.807) is 6.20 Å². The van der Waals surface area contributed by atoms with Gasteiger partial charge in [-0.15, -0.1) is 0 Å². The third-order valence-electron chi connectivity index (χ3n) is 2.22. The number of nitrogen functional groups attached to an aromatic ring is 1. The summed E-state index contributed by atoms with van der Waals surface area (Å²) in [4.78, 5) is 4.25. The van der Waals surface area contributed by atoms with Gasteiger partial charge in [0.05, 0.1) is 13.2 Å². The second-order valence-corrected chi connectivity index (χ2v) is 3.95. The SMILES string of the molecule is C[C@@H](N)COCc1cc(N)cn2ccnc12. The fraction of sp³-hybridized carbons (Fsp3) is 0.364. The molecule has 5 nitrogen and oxygen atoms in total. The average molecular weight is 220 g/mol. The van der Waals surface area contributed by atoms with Crippen LogP contribution >= 0.6 is 0 Å². The summed E-state index contributed by atoms with van der Waals surface area (Å²) in [6, 6.07) is 1.92. The Bertz CT molecular complexity index is 478. The van der Waals surface area contributed by atoms with Crippen LogP contribution in [0.1, 0.15) is 12.5 Å². The molecule has 2 heterocycles. The van der Waals surface area contributed by atoms with E-state index in [1.165, 1.54) is 0 Å². The molecule has 0 saturated heterocycles. The molecule has 2 aromatic heterocycles. The third kappa shape index (κ3) is 2.32. The standard InChI is InChI=1S/C11H16N4O/c1-8(12)6-16-7-9-4-10(13)5-15-3-2-14-11(9)15/h2-5,8H,6-7,12-13H2,1H3/t8-/m1/s1. The highest BCUT2D eigenvalue weighted by Crippen LogP contribution is 2.14. The maximum Gasteiger partial charge on any atom is 0.142 e. The van der Waals surface area contributed by atoms with E-state index in [0.717, 1.165) is 11.2 Å². The molecule has 0 unspecified atom stereocenters. The zero-order chi connectivity index (χ0) is 11.5. The van der Waals surface area contributed by atoms with Gasteiger partial charge in [0, 0.05) is 35.9 Å². The number of hydrogen-bond donors (Lipinski definition) is 2. The lowest BCUT2D eigenvalue weighted by Gasteiger charge is -2.08. The zero-order valence-electron chi connectivity index (χ0n) is 9.26. The van der Waals surface area contributed by atoms with Gasteiger partial charge in [-0.2, -0.15) is 0 Å². The Kier molecular flexibility index (Phi) is 3.07. The van der Waals surface area contributed by atoms with Gasteiger partial charge in [0.25, 0.3) is 0 Å². The van der Waals surface area contributed by atoms with Crippen LogP contribution < -0.4 is 11.5 Å². The first-order valence-electron chi connectivity index (χ1n) is 5.21. The highest BCUT2D eigenvalue weighted by molar-refractivity contribution is 5.54. The van der Waals surface area contributed by atoms with Crippen LogP contribution in [-0.4, -0.2) is 22.0 Å². The predicted molar refractivity (Wildman–Crippen MR) is 62.9 cm³/mol. The van der Waals surface area contributed by atoms with Crippen molar-refractivity contribution < 1.29 is 4.74 Å². The van der Waals surface area contributed by atoms with E-state index in [4.69, 9.17) is 16.2 Å². The summed E-state index contributed by atoms with van der Waals surface area (Å²) < 4.78 is 7.37. The summed E-state index contributed by atoms with van der Waals surface area (Å²) in [5, 5.41) is 0. The molecule has 0 fully saturated rings. The van der Waals surface area contributed by atoms with E-state index in [-0.39, 0.29) is 6.04 Å². The number of aromatic nitrogens is 2. The van der Waals surface area contributed by atoms with Gasteiger partial charge < -0.3 is 20.6 Å². The summed E-state index contributed by atoms with van der Waals surface area (Å²) in [7, 11) is 0. The molecule has 5 heteroatoms. The third-order valence-corrected chi connectivity index (χ3v) is 2.22. The maximum absolute atomic E-state index is 5.79. The van der Waals surface area contributed by atoms with Crippen molar-refractivity contribution in [1.29, 1.82) is 0 Å². The van der Waals surface area contributed by atoms with Crippen molar-refractivity contribution in [3.8, 4) is 0 Å². The summed E-state index contributed by atoms with van der Waals surface area (Å²) in [6.07, 6.45) is 5.43. The molecule has 0 aliphatic carbocycles. The molecule has 2 aromatic rings. The monoisotopic (exact) mass is 220 g/mol. The van der Waals surface area contributed by atoms with Gasteiger partial charge in [-0.05, 0) is 13.0 Å². The summed E-state index contributed by atoms with van der Waals surface area (Å²) in [5.41, 5.74) is 13.9. The van der Waals surface area contributed by atoms with Crippen LogP contribution in [0.3, 0.4) is 0 Å². The fourth-order valence-electron chi connectivity index (χ4n) is 1.59. The van der Waals surface area contributed by atoms with Crippen LogP contribution in [-0.2, 0) is 11.3 Å². The highest BCUT2D eigenvalue weighted by Gasteiger charge is 2.05. The van der Waals surface area contributed by atoms with Gasteiger partial charge in [-0.1, -0.05) is 0 Å². The largest absolute Gasteiger partial charge is 0.398 e. The Morgan fingerprint density at radius 3 is 3.12 bits per heavy atom. The van der Waals surface area contributed by atoms with Crippen LogP contribution in [0.25, 0.3) is 5.65 Å². The number of pyridine rings is 1. The minimum absolute atomic E-state index is 0.0387. The Morgan fingerprint density at radius 2 is 2.38 bits per heavy atom. The minimum Gasteiger partial charge on any atom is -0.398 e. The number of anilines is 1. The Morgan fingerprint density at radius 1 is 1.56 bits per heavy atom. The van der Waals surface area contributed by atoms with Crippen LogP contribution in [0.4, 0.5) is 5.69 Å². The van der Waals surface area contributed by atoms with Crippen molar-refractivity contribution in [2.75, 3.05) is 12.3 Å². The van der Waals surface area contributed by atoms with Crippen LogP contribution in [0.15, 0.2) is 24.7 Å². The smallest absolute Gasteiger partial charge is 0.142 e. The molecule has 16 heavy (non-hydrogen) atoms. The van der Waals surface area contributed by atoms with Crippen molar-refractivity contribution in [3.63, 3.8) is 0 Å². The van der Waals surface area contributed by atoms with Gasteiger partial charge >= 0.3 is 0 Å². The Labute approximate surface area is 94.0 Å². The van der Waals surface area contributed by atoms with E-state index in [9.17, 15) is 0 Å². The zero-order valence-corrected chi connectivity index (χ0v) is 9.26. The number of nitrogens with zero attached hydrogens (tertiary/aromatic N) is 2. The molecule has 1 atom stereocenters. The van der Waals surface area contributed by atoms with Crippen molar-refractivity contribution in [2.45, 2.75) is 19.6 Å². The molecule has 0 aliphatic rings. The first-order valence-corrected chi connectivity index (χ1v) is 5.21. The molecule has 2 rings (SSSR count). The van der Waals surface area contributed by atoms with Gasteiger partial charge in [0.2, 0.25) is 0 Å². The summed E-state index contributed by atoms with van der Waals surface area (Å²) in [6.45, 7) is 2.92. The lowest BCUT2D eigenvalue weighted by molar-refractivity contribution is 0.112. The van der Waals surface area contributed by atoms with Gasteiger partial charge in [-0.3, -0.25) is 0 Å². The average Bonchev–Trinajstić information content (AvgIpc) is 2.64. The Balaban J connectivity index is 2.19. The van der Waals surface area contributed by atoms with Crippen LogP contribution in [0.5, 0.6) is 0 Å². The first-order chi connectivity index (χ1) is 7.66. The van der Waals surface area contributed by atoms with E-state index in [0.29, 0.717) is 18.9 Å². The lowest BCUT2D eigenvalue weighted by Crippen LogP contribution is -2.21. The van der Waals surface area contributed by atoms with Crippen molar-refractivity contribution in [3.05, 3.63) is 30.2 Å². The molecule has 86 valence electrons. The van der Waals surface area contributed by atoms with Crippen molar-refractivity contribution in [1.82, 2.24) is 9.38 Å². The summed E-state index contributed by atoms with van der Waals surface area (Å²) >= 11 is 0. The number of imidazole rings is 1. The maximum atomic E-state index is 5.79. The number of ether oxygens (including phenoxy) is 1. The second kappa shape index (κ2) is 4.51. The molecular weight excluding hydrogens is 204 g/mol. The molecular formula is C11H16N4O. The number of fused-ring (bicyclic) bond motifs is 1. The minimum atomic E-state index is 0.0387. The molecule has 0 bridgehead atoms. The van der Waals surface area contributed by atoms with Gasteiger partial charge in [-0.25, -0.2) is 4.98 Å². The van der Waals surface area contributed by atoms with Gasteiger partial charge in [0.1, 0.15) is 5.65 Å². The summed E-state index contributed by atoms with van der Waals surface area (Å²) in [5.74, 6) is 0. The van der Waals surface area contributed by atoms with E-state index in [2.05, 4.69) is 4.98 Å². The van der Waals surface area contributed by atoms with Gasteiger partial charge in [0.15, 0.2) is 0 Å². The molecule has 0 spiro atoms. The molecule has 0 saturated carbocycles. The topological polar surface area (TPSA) is 78.6 Å². The number of nitrogens with two attached hydrogens (primary N) is 2.